The highest BCUT2D eigenvalue weighted by Gasteiger charge is 2.71. The van der Waals surface area contributed by atoms with Crippen LogP contribution < -0.4 is 9.62 Å². The lowest BCUT2D eigenvalue weighted by atomic mass is 9.92. The predicted octanol–water partition coefficient (Wildman–Crippen LogP) is 3.06. The number of thioether (sulfide) groups is 1. The van der Waals surface area contributed by atoms with Gasteiger partial charge in [-0.3, -0.25) is 9.10 Å². The first kappa shape index (κ1) is 31.9. The minimum Gasteiger partial charge on any atom is -0.393 e. The number of sulfonamides is 1. The standard InChI is InChI=1S/C23H23F7N2O6S2/c1-20(35,12-33)11-31-19(34)9-15-10-39-18-8-13(21(36,22(25,26)27)23(28,29)30)2-7-17(18)32(15)40(37,38)16-5-3-14(24)4-6-16/h2-8,15,33,35-36H,9-12H2,1H3,(H,31,34)/t15-,20-/m0/s1. The highest BCUT2D eigenvalue weighted by Crippen LogP contribution is 2.52. The topological polar surface area (TPSA) is 127 Å². The zero-order valence-electron chi connectivity index (χ0n) is 20.4. The molecule has 17 heteroatoms. The Morgan fingerprint density at radius 2 is 1.62 bits per heavy atom. The number of halogens is 7. The van der Waals surface area contributed by atoms with E-state index in [1.807, 2.05) is 0 Å². The SMILES string of the molecule is C[C@@](O)(CO)CNC(=O)C[C@H]1CSc2cc(C(O)(C(F)(F)F)C(F)(F)F)ccc2N1S(=O)(=O)c1ccc(F)cc1. The van der Waals surface area contributed by atoms with Gasteiger partial charge in [0.2, 0.25) is 5.91 Å². The van der Waals surface area contributed by atoms with Crippen molar-refractivity contribution in [2.75, 3.05) is 23.2 Å². The van der Waals surface area contributed by atoms with E-state index >= 15 is 0 Å². The highest BCUT2D eigenvalue weighted by atomic mass is 32.2. The van der Waals surface area contributed by atoms with Crippen molar-refractivity contribution in [1.29, 1.82) is 0 Å². The maximum Gasteiger partial charge on any atom is 0.430 e. The van der Waals surface area contributed by atoms with E-state index in [4.69, 9.17) is 5.11 Å². The molecule has 0 saturated carbocycles. The first-order valence-electron chi connectivity index (χ1n) is 11.3. The van der Waals surface area contributed by atoms with Crippen molar-refractivity contribution < 1.29 is 59.3 Å². The number of benzene rings is 2. The van der Waals surface area contributed by atoms with Crippen LogP contribution in [-0.4, -0.2) is 72.5 Å². The fourth-order valence-corrected chi connectivity index (χ4v) is 6.78. The lowest BCUT2D eigenvalue weighted by Gasteiger charge is -2.38. The Morgan fingerprint density at radius 3 is 2.15 bits per heavy atom. The summed E-state index contributed by atoms with van der Waals surface area (Å²) in [7, 11) is -4.66. The molecule has 3 rings (SSSR count). The van der Waals surface area contributed by atoms with Crippen molar-refractivity contribution in [1.82, 2.24) is 5.32 Å². The van der Waals surface area contributed by atoms with Gasteiger partial charge in [0.25, 0.3) is 15.6 Å². The molecule has 0 unspecified atom stereocenters. The number of amides is 1. The summed E-state index contributed by atoms with van der Waals surface area (Å²) in [6.45, 7) is 0.0851. The van der Waals surface area contributed by atoms with Gasteiger partial charge in [0.15, 0.2) is 0 Å². The molecule has 1 amide bonds. The van der Waals surface area contributed by atoms with Crippen LogP contribution in [0.2, 0.25) is 0 Å². The summed E-state index contributed by atoms with van der Waals surface area (Å²) in [5, 5.41) is 31.1. The molecule has 0 aromatic heterocycles. The second-order valence-electron chi connectivity index (χ2n) is 9.24. The zero-order valence-corrected chi connectivity index (χ0v) is 22.1. The second kappa shape index (κ2) is 11.0. The van der Waals surface area contributed by atoms with Gasteiger partial charge in [-0.2, -0.15) is 26.3 Å². The fraction of sp³-hybridized carbons (Fsp3) is 0.435. The Labute approximate surface area is 227 Å². The van der Waals surface area contributed by atoms with Crippen LogP contribution in [0.25, 0.3) is 0 Å². The minimum atomic E-state index is -6.17. The molecule has 8 nitrogen and oxygen atoms in total. The summed E-state index contributed by atoms with van der Waals surface area (Å²) >= 11 is 0.655. The fourth-order valence-electron chi connectivity index (χ4n) is 3.79. The molecule has 0 radical (unpaired) electrons. The number of aliphatic hydroxyl groups is 3. The van der Waals surface area contributed by atoms with Gasteiger partial charge in [0.1, 0.15) is 11.4 Å². The van der Waals surface area contributed by atoms with Gasteiger partial charge in [-0.1, -0.05) is 6.07 Å². The number of hydrogen-bond donors (Lipinski definition) is 4. The van der Waals surface area contributed by atoms with Crippen molar-refractivity contribution in [3.05, 3.63) is 53.8 Å². The van der Waals surface area contributed by atoms with E-state index in [-0.39, 0.29) is 22.4 Å². The van der Waals surface area contributed by atoms with E-state index in [2.05, 4.69) is 5.32 Å². The molecule has 4 N–H and O–H groups in total. The molecule has 0 fully saturated rings. The quantitative estimate of drug-likeness (QED) is 0.334. The third-order valence-electron chi connectivity index (χ3n) is 6.00. The molecule has 2 aromatic rings. The van der Waals surface area contributed by atoms with E-state index in [1.165, 1.54) is 6.92 Å². The van der Waals surface area contributed by atoms with Crippen LogP contribution in [-0.2, 0) is 20.4 Å². The van der Waals surface area contributed by atoms with Gasteiger partial charge >= 0.3 is 12.4 Å². The predicted molar refractivity (Wildman–Crippen MR) is 128 cm³/mol. The summed E-state index contributed by atoms with van der Waals surface area (Å²) in [6.07, 6.45) is -12.9. The van der Waals surface area contributed by atoms with Gasteiger partial charge in [-0.25, -0.2) is 12.8 Å². The number of rotatable bonds is 8. The Kier molecular flexibility index (Phi) is 8.78. The maximum absolute atomic E-state index is 13.6. The molecule has 222 valence electrons. The molecule has 0 spiro atoms. The molecular weight excluding hydrogens is 597 g/mol. The number of fused-ring (bicyclic) bond motifs is 1. The largest absolute Gasteiger partial charge is 0.430 e. The summed E-state index contributed by atoms with van der Waals surface area (Å²) in [5.74, 6) is -1.90. The van der Waals surface area contributed by atoms with Crippen molar-refractivity contribution in [3.63, 3.8) is 0 Å². The molecule has 2 atom stereocenters. The number of nitrogens with zero attached hydrogens (tertiary/aromatic N) is 1. The summed E-state index contributed by atoms with van der Waals surface area (Å²) < 4.78 is 122. The number of carbonyl (C=O) groups excluding carboxylic acids is 1. The minimum absolute atomic E-state index is 0.286. The third-order valence-corrected chi connectivity index (χ3v) is 9.07. The van der Waals surface area contributed by atoms with Gasteiger partial charge in [0, 0.05) is 29.2 Å². The van der Waals surface area contributed by atoms with E-state index < -0.39 is 81.4 Å². The number of alkyl halides is 6. The molecule has 0 saturated heterocycles. The van der Waals surface area contributed by atoms with Crippen LogP contribution in [0.3, 0.4) is 0 Å². The van der Waals surface area contributed by atoms with Crippen molar-refractivity contribution in [3.8, 4) is 0 Å². The molecule has 0 aliphatic carbocycles. The highest BCUT2D eigenvalue weighted by molar-refractivity contribution is 8.00. The summed E-state index contributed by atoms with van der Waals surface area (Å²) in [4.78, 5) is 11.7. The average molecular weight is 621 g/mol. The van der Waals surface area contributed by atoms with E-state index in [0.717, 1.165) is 24.3 Å². The first-order valence-corrected chi connectivity index (χ1v) is 13.7. The van der Waals surface area contributed by atoms with Crippen LogP contribution in [0.4, 0.5) is 36.4 Å². The molecule has 0 bridgehead atoms. The number of aliphatic hydroxyl groups excluding tert-OH is 1. The normalized spacial score (nSPS) is 18.2. The van der Waals surface area contributed by atoms with Crippen molar-refractivity contribution in [2.45, 2.75) is 52.7 Å². The van der Waals surface area contributed by atoms with E-state index in [1.54, 1.807) is 0 Å². The summed E-state index contributed by atoms with van der Waals surface area (Å²) in [5.41, 5.74) is -8.93. The number of hydrogen-bond acceptors (Lipinski definition) is 7. The number of carbonyl (C=O) groups is 1. The van der Waals surface area contributed by atoms with Crippen LogP contribution in [0.1, 0.15) is 18.9 Å². The lowest BCUT2D eigenvalue weighted by Crippen LogP contribution is -2.54. The van der Waals surface area contributed by atoms with Gasteiger partial charge in [0.05, 0.1) is 23.2 Å². The zero-order chi connectivity index (χ0) is 30.3. The number of nitrogens with one attached hydrogen (secondary N) is 1. The van der Waals surface area contributed by atoms with Gasteiger partial charge in [-0.05, 0) is 43.3 Å². The molecule has 2 aromatic carbocycles. The molecule has 40 heavy (non-hydrogen) atoms. The molecular formula is C23H23F7N2O6S2. The van der Waals surface area contributed by atoms with E-state index in [9.17, 15) is 54.2 Å². The lowest BCUT2D eigenvalue weighted by molar-refractivity contribution is -0.376. The van der Waals surface area contributed by atoms with Gasteiger partial charge in [-0.15, -0.1) is 11.8 Å². The molecule has 1 heterocycles. The van der Waals surface area contributed by atoms with Crippen molar-refractivity contribution in [2.24, 2.45) is 0 Å². The Morgan fingerprint density at radius 1 is 1.05 bits per heavy atom. The smallest absolute Gasteiger partial charge is 0.393 e. The molecule has 1 aliphatic rings. The Hall–Kier alpha value is -2.60. The second-order valence-corrected chi connectivity index (χ2v) is 12.1. The van der Waals surface area contributed by atoms with Crippen LogP contribution in [0.15, 0.2) is 52.3 Å². The van der Waals surface area contributed by atoms with Crippen LogP contribution in [0, 0.1) is 5.82 Å². The van der Waals surface area contributed by atoms with Gasteiger partial charge < -0.3 is 20.6 Å². The first-order chi connectivity index (χ1) is 18.2. The maximum atomic E-state index is 13.6. The average Bonchev–Trinajstić information content (AvgIpc) is 2.85. The third kappa shape index (κ3) is 6.17. The summed E-state index contributed by atoms with van der Waals surface area (Å²) in [6, 6.07) is 3.51. The molecule has 1 aliphatic heterocycles. The van der Waals surface area contributed by atoms with E-state index in [0.29, 0.717) is 28.2 Å². The van der Waals surface area contributed by atoms with Crippen LogP contribution >= 0.6 is 11.8 Å². The van der Waals surface area contributed by atoms with Crippen molar-refractivity contribution >= 4 is 33.4 Å². The Bertz CT molecular complexity index is 1330. The van der Waals surface area contributed by atoms with Crippen LogP contribution in [0.5, 0.6) is 0 Å². The number of anilines is 1. The Balaban J connectivity index is 2.10. The monoisotopic (exact) mass is 620 g/mol.